The Bertz CT molecular complexity index is 684. The molecule has 0 radical (unpaired) electrons. The Morgan fingerprint density at radius 3 is 0.935 bits per heavy atom. The van der Waals surface area contributed by atoms with Crippen LogP contribution in [0.25, 0.3) is 0 Å². The first-order valence-corrected chi connectivity index (χ1v) is 19.6. The zero-order chi connectivity index (χ0) is 33.0. The van der Waals surface area contributed by atoms with Crippen molar-refractivity contribution in [1.29, 1.82) is 0 Å². The maximum atomic E-state index is 11.9. The number of carbonyl (C=O) groups is 2. The SMILES string of the molecule is CCCCCCCCC=CCCCCCCCC(=O)OC(=O)CCCCCCCC=CCCCCCCCC.O=P(O)(O)O.[NaH].[NaH]. The number of phosphoric acid groups is 1. The van der Waals surface area contributed by atoms with Gasteiger partial charge in [0.05, 0.1) is 0 Å². The Kier molecular flexibility index (Phi) is 50.9. The fourth-order valence-electron chi connectivity index (χ4n) is 4.91. The van der Waals surface area contributed by atoms with Gasteiger partial charge in [-0.05, 0) is 64.2 Å². The van der Waals surface area contributed by atoms with Crippen LogP contribution in [0.5, 0.6) is 0 Å². The van der Waals surface area contributed by atoms with Crippen molar-refractivity contribution in [3.8, 4) is 0 Å². The fraction of sp³-hybridized carbons (Fsp3) is 0.833. The van der Waals surface area contributed by atoms with Gasteiger partial charge in [-0.2, -0.15) is 0 Å². The van der Waals surface area contributed by atoms with Gasteiger partial charge >= 0.3 is 78.9 Å². The predicted molar refractivity (Wildman–Crippen MR) is 199 cm³/mol. The van der Waals surface area contributed by atoms with Gasteiger partial charge in [0.1, 0.15) is 0 Å². The summed E-state index contributed by atoms with van der Waals surface area (Å²) < 4.78 is 13.9. The molecule has 0 unspecified atom stereocenters. The Hall–Kier alpha value is 0.730. The van der Waals surface area contributed by atoms with Gasteiger partial charge in [0, 0.05) is 12.8 Å². The molecule has 0 aromatic carbocycles. The van der Waals surface area contributed by atoms with E-state index in [4.69, 9.17) is 24.0 Å². The van der Waals surface area contributed by atoms with E-state index in [1.54, 1.807) is 0 Å². The molecule has 0 bridgehead atoms. The summed E-state index contributed by atoms with van der Waals surface area (Å²) in [7, 11) is -4.64. The van der Waals surface area contributed by atoms with Crippen molar-refractivity contribution in [3.63, 3.8) is 0 Å². The molecule has 7 nitrogen and oxygen atoms in total. The second-order valence-corrected chi connectivity index (χ2v) is 13.1. The average molecular weight is 693 g/mol. The molecule has 0 spiro atoms. The predicted octanol–water partition coefficient (Wildman–Crippen LogP) is 9.91. The van der Waals surface area contributed by atoms with Gasteiger partial charge in [-0.25, -0.2) is 4.57 Å². The minimum absolute atomic E-state index is 0. The van der Waals surface area contributed by atoms with Crippen LogP contribution in [0.4, 0.5) is 0 Å². The second kappa shape index (κ2) is 43.8. The molecular weight excluding hydrogens is 621 g/mol. The molecule has 264 valence electrons. The summed E-state index contributed by atoms with van der Waals surface area (Å²) in [4.78, 5) is 45.3. The summed E-state index contributed by atoms with van der Waals surface area (Å²) in [6, 6.07) is 0. The van der Waals surface area contributed by atoms with Gasteiger partial charge < -0.3 is 19.4 Å². The molecule has 10 heteroatoms. The summed E-state index contributed by atoms with van der Waals surface area (Å²) >= 11 is 0. The molecule has 0 saturated carbocycles. The van der Waals surface area contributed by atoms with Crippen LogP contribution in [-0.4, -0.2) is 85.7 Å². The van der Waals surface area contributed by atoms with Crippen molar-refractivity contribution in [2.24, 2.45) is 0 Å². The van der Waals surface area contributed by atoms with Crippen molar-refractivity contribution >= 4 is 78.9 Å². The molecule has 0 amide bonds. The first-order chi connectivity index (χ1) is 21.2. The Morgan fingerprint density at radius 2 is 0.674 bits per heavy atom. The first kappa shape index (κ1) is 53.5. The van der Waals surface area contributed by atoms with Gasteiger partial charge in [0.25, 0.3) is 0 Å². The van der Waals surface area contributed by atoms with Gasteiger partial charge in [-0.15, -0.1) is 0 Å². The van der Waals surface area contributed by atoms with Crippen LogP contribution in [0, 0.1) is 0 Å². The van der Waals surface area contributed by atoms with E-state index in [-0.39, 0.29) is 71.1 Å². The van der Waals surface area contributed by atoms with Crippen LogP contribution in [0.1, 0.15) is 194 Å². The van der Waals surface area contributed by atoms with Crippen LogP contribution in [0.3, 0.4) is 0 Å². The topological polar surface area (TPSA) is 121 Å². The third kappa shape index (κ3) is 57.0. The summed E-state index contributed by atoms with van der Waals surface area (Å²) in [5.41, 5.74) is 0. The van der Waals surface area contributed by atoms with Gasteiger partial charge in [-0.1, -0.05) is 141 Å². The van der Waals surface area contributed by atoms with E-state index in [1.165, 1.54) is 128 Å². The summed E-state index contributed by atoms with van der Waals surface area (Å²) in [6.07, 6.45) is 42.2. The number of hydrogen-bond acceptors (Lipinski definition) is 4. The molecule has 0 aromatic heterocycles. The number of rotatable bonds is 30. The normalized spacial score (nSPS) is 11.2. The molecule has 0 saturated heterocycles. The van der Waals surface area contributed by atoms with Gasteiger partial charge in [0.15, 0.2) is 0 Å². The molecule has 0 aliphatic carbocycles. The van der Waals surface area contributed by atoms with Crippen LogP contribution in [-0.2, 0) is 18.9 Å². The number of carbonyl (C=O) groups excluding carboxylic acids is 2. The summed E-state index contributed by atoms with van der Waals surface area (Å²) in [5.74, 6) is -0.684. The molecule has 0 atom stereocenters. The van der Waals surface area contributed by atoms with Gasteiger partial charge in [-0.3, -0.25) is 9.59 Å². The van der Waals surface area contributed by atoms with Crippen molar-refractivity contribution < 1.29 is 33.6 Å². The third-order valence-corrected chi connectivity index (χ3v) is 7.51. The quantitative estimate of drug-likeness (QED) is 0.0171. The number of ether oxygens (including phenoxy) is 1. The number of allylic oxidation sites excluding steroid dienone is 4. The summed E-state index contributed by atoms with van der Waals surface area (Å²) in [6.45, 7) is 4.53. The number of unbranched alkanes of at least 4 members (excludes halogenated alkanes) is 22. The second-order valence-electron chi connectivity index (χ2n) is 12.0. The average Bonchev–Trinajstić information content (AvgIpc) is 2.96. The van der Waals surface area contributed by atoms with Crippen molar-refractivity contribution in [1.82, 2.24) is 0 Å². The van der Waals surface area contributed by atoms with E-state index in [9.17, 15) is 9.59 Å². The molecule has 0 aromatic rings. The maximum absolute atomic E-state index is 11.9. The van der Waals surface area contributed by atoms with E-state index in [1.807, 2.05) is 0 Å². The van der Waals surface area contributed by atoms with Crippen molar-refractivity contribution in [3.05, 3.63) is 24.3 Å². The van der Waals surface area contributed by atoms with E-state index in [2.05, 4.69) is 38.2 Å². The van der Waals surface area contributed by atoms with Crippen LogP contribution < -0.4 is 0 Å². The molecule has 0 aliphatic heterocycles. The molecule has 0 fully saturated rings. The Balaban J connectivity index is -0.00000116. The van der Waals surface area contributed by atoms with E-state index in [0.29, 0.717) is 12.8 Å². The first-order valence-electron chi connectivity index (χ1n) is 18.0. The molecule has 0 aliphatic rings. The Morgan fingerprint density at radius 1 is 0.457 bits per heavy atom. The van der Waals surface area contributed by atoms with Crippen molar-refractivity contribution in [2.75, 3.05) is 0 Å². The molecule has 3 N–H and O–H groups in total. The van der Waals surface area contributed by atoms with Crippen LogP contribution >= 0.6 is 7.82 Å². The van der Waals surface area contributed by atoms with Crippen LogP contribution in [0.15, 0.2) is 24.3 Å². The molecule has 46 heavy (non-hydrogen) atoms. The minimum atomic E-state index is -4.64. The van der Waals surface area contributed by atoms with E-state index >= 15 is 0 Å². The van der Waals surface area contributed by atoms with E-state index in [0.717, 1.165) is 38.5 Å². The molecular formula is C36H71Na2O7P. The molecule has 0 rings (SSSR count). The zero-order valence-electron chi connectivity index (χ0n) is 28.5. The van der Waals surface area contributed by atoms with Crippen LogP contribution in [0.2, 0.25) is 0 Å². The third-order valence-electron chi connectivity index (χ3n) is 7.51. The molecule has 0 heterocycles. The fourth-order valence-corrected chi connectivity index (χ4v) is 4.91. The number of hydrogen-bond donors (Lipinski definition) is 3. The zero-order valence-corrected chi connectivity index (χ0v) is 29.4. The standard InChI is InChI=1S/C36H66O3.2Na.H3O4P.2H/c1-3-5-7-9-11-13-15-17-19-21-23-25-27-29-31-33-35(37)39-36(38)34-32-30-28-26-24-22-20-18-16-14-12-10-8-6-4-2;;;1-5(2,3)4;;/h17-20H,3-16,21-34H2,1-2H3;;;(H3,1,2,3,4);;. The Labute approximate surface area is 327 Å². The number of esters is 2. The van der Waals surface area contributed by atoms with Crippen molar-refractivity contribution in [2.45, 2.75) is 194 Å². The monoisotopic (exact) mass is 692 g/mol. The summed E-state index contributed by atoms with van der Waals surface area (Å²) in [5, 5.41) is 0. The van der Waals surface area contributed by atoms with Gasteiger partial charge in [0.2, 0.25) is 0 Å². The van der Waals surface area contributed by atoms with E-state index < -0.39 is 7.82 Å².